The summed E-state index contributed by atoms with van der Waals surface area (Å²) in [7, 11) is 0. The first-order chi connectivity index (χ1) is 10.2. The van der Waals surface area contributed by atoms with Crippen LogP contribution in [0.15, 0.2) is 48.5 Å². The van der Waals surface area contributed by atoms with E-state index in [-0.39, 0.29) is 0 Å². The van der Waals surface area contributed by atoms with E-state index in [2.05, 4.69) is 62.4 Å². The number of hydrogen-bond acceptors (Lipinski definition) is 0. The Morgan fingerprint density at radius 3 is 2.33 bits per heavy atom. The van der Waals surface area contributed by atoms with Crippen molar-refractivity contribution in [3.63, 3.8) is 0 Å². The molecule has 2 aromatic carbocycles. The minimum atomic E-state index is 0.619. The summed E-state index contributed by atoms with van der Waals surface area (Å²) in [6.07, 6.45) is 6.41. The number of rotatable bonds is 1. The van der Waals surface area contributed by atoms with E-state index in [4.69, 9.17) is 0 Å². The lowest BCUT2D eigenvalue weighted by Gasteiger charge is -2.28. The van der Waals surface area contributed by atoms with Crippen LogP contribution in [-0.4, -0.2) is 0 Å². The molecule has 0 aromatic heterocycles. The molecule has 0 aliphatic heterocycles. The van der Waals surface area contributed by atoms with Gasteiger partial charge in [-0.3, -0.25) is 0 Å². The van der Waals surface area contributed by atoms with E-state index < -0.39 is 0 Å². The minimum Gasteiger partial charge on any atom is -0.0732 e. The molecule has 0 N–H and O–H groups in total. The normalized spacial score (nSPS) is 23.4. The van der Waals surface area contributed by atoms with Crippen LogP contribution < -0.4 is 0 Å². The van der Waals surface area contributed by atoms with Crippen LogP contribution in [0.25, 0.3) is 5.57 Å². The van der Waals surface area contributed by atoms with Crippen LogP contribution in [-0.2, 0) is 0 Å². The molecule has 0 saturated heterocycles. The first-order valence-corrected chi connectivity index (χ1v) is 8.09. The molecule has 106 valence electrons. The maximum atomic E-state index is 2.55. The van der Waals surface area contributed by atoms with Crippen LogP contribution in [0.5, 0.6) is 0 Å². The third kappa shape index (κ3) is 2.14. The minimum absolute atomic E-state index is 0.619. The average Bonchev–Trinajstić information content (AvgIpc) is 2.80. The zero-order valence-electron chi connectivity index (χ0n) is 12.9. The Balaban J connectivity index is 1.82. The topological polar surface area (TPSA) is 0 Å². The molecule has 0 heterocycles. The van der Waals surface area contributed by atoms with Gasteiger partial charge in [0.1, 0.15) is 0 Å². The highest BCUT2D eigenvalue weighted by Crippen LogP contribution is 2.48. The zero-order chi connectivity index (χ0) is 14.4. The number of benzene rings is 2. The van der Waals surface area contributed by atoms with Crippen LogP contribution in [0, 0.1) is 13.8 Å². The van der Waals surface area contributed by atoms with Gasteiger partial charge in [0, 0.05) is 5.92 Å². The summed E-state index contributed by atoms with van der Waals surface area (Å²) >= 11 is 0. The van der Waals surface area contributed by atoms with Crippen LogP contribution in [0.4, 0.5) is 0 Å². The predicted octanol–water partition coefficient (Wildman–Crippen LogP) is 5.75. The van der Waals surface area contributed by atoms with Crippen molar-refractivity contribution in [3.05, 3.63) is 76.4 Å². The van der Waals surface area contributed by atoms with Crippen molar-refractivity contribution in [2.24, 2.45) is 0 Å². The second-order valence-electron chi connectivity index (χ2n) is 6.71. The second kappa shape index (κ2) is 4.87. The van der Waals surface area contributed by atoms with Crippen molar-refractivity contribution in [2.75, 3.05) is 0 Å². The Morgan fingerprint density at radius 1 is 0.857 bits per heavy atom. The molecular weight excluding hydrogens is 252 g/mol. The van der Waals surface area contributed by atoms with Crippen molar-refractivity contribution < 1.29 is 0 Å². The highest BCUT2D eigenvalue weighted by Gasteiger charge is 2.31. The summed E-state index contributed by atoms with van der Waals surface area (Å²) in [6, 6.07) is 15.9. The summed E-state index contributed by atoms with van der Waals surface area (Å²) in [6.45, 7) is 4.50. The number of aryl methyl sites for hydroxylation is 2. The van der Waals surface area contributed by atoms with Crippen molar-refractivity contribution >= 4 is 5.57 Å². The van der Waals surface area contributed by atoms with Crippen molar-refractivity contribution in [3.8, 4) is 0 Å². The third-order valence-electron chi connectivity index (χ3n) is 5.38. The Bertz CT molecular complexity index is 706. The SMILES string of the molecule is Cc1cc2c(cc1C)C1CCC2C=C(c2ccccc2)C1. The quantitative estimate of drug-likeness (QED) is 0.621. The lowest BCUT2D eigenvalue weighted by molar-refractivity contribution is 0.547. The molecule has 3 aliphatic carbocycles. The number of allylic oxidation sites excluding steroid dienone is 2. The fourth-order valence-electron chi connectivity index (χ4n) is 4.06. The molecule has 2 atom stereocenters. The van der Waals surface area contributed by atoms with Gasteiger partial charge in [-0.25, -0.2) is 0 Å². The van der Waals surface area contributed by atoms with E-state index in [9.17, 15) is 0 Å². The van der Waals surface area contributed by atoms with Crippen LogP contribution >= 0.6 is 0 Å². The van der Waals surface area contributed by atoms with Gasteiger partial charge >= 0.3 is 0 Å². The Labute approximate surface area is 127 Å². The van der Waals surface area contributed by atoms with Gasteiger partial charge in [0.15, 0.2) is 0 Å². The molecule has 0 radical (unpaired) electrons. The third-order valence-corrected chi connectivity index (χ3v) is 5.38. The van der Waals surface area contributed by atoms with Crippen LogP contribution in [0.2, 0.25) is 0 Å². The smallest absolute Gasteiger partial charge is 0.00271 e. The van der Waals surface area contributed by atoms with Crippen LogP contribution in [0.1, 0.15) is 58.9 Å². The highest BCUT2D eigenvalue weighted by molar-refractivity contribution is 5.69. The summed E-state index contributed by atoms with van der Waals surface area (Å²) in [4.78, 5) is 0. The largest absolute Gasteiger partial charge is 0.0732 e. The molecule has 0 amide bonds. The maximum Gasteiger partial charge on any atom is 0.00271 e. The van der Waals surface area contributed by atoms with E-state index in [1.165, 1.54) is 36.0 Å². The lowest BCUT2D eigenvalue weighted by atomic mass is 9.76. The van der Waals surface area contributed by atoms with Crippen molar-refractivity contribution in [1.29, 1.82) is 0 Å². The van der Waals surface area contributed by atoms with E-state index in [1.54, 1.807) is 16.7 Å². The fourth-order valence-corrected chi connectivity index (χ4v) is 4.06. The molecule has 0 spiro atoms. The molecule has 0 saturated carbocycles. The number of hydrogen-bond donors (Lipinski definition) is 0. The van der Waals surface area contributed by atoms with Crippen molar-refractivity contribution in [1.82, 2.24) is 0 Å². The maximum absolute atomic E-state index is 2.55. The fraction of sp³-hybridized carbons (Fsp3) is 0.333. The first-order valence-electron chi connectivity index (χ1n) is 8.09. The molecule has 3 aliphatic rings. The Kier molecular flexibility index (Phi) is 2.99. The average molecular weight is 274 g/mol. The molecule has 5 rings (SSSR count). The highest BCUT2D eigenvalue weighted by atomic mass is 14.3. The molecule has 21 heavy (non-hydrogen) atoms. The van der Waals surface area contributed by atoms with Gasteiger partial charge < -0.3 is 0 Å². The summed E-state index contributed by atoms with van der Waals surface area (Å²) in [5.74, 6) is 1.33. The molecule has 0 fully saturated rings. The molecule has 2 unspecified atom stereocenters. The molecular formula is C21H22. The molecule has 2 aromatic rings. The zero-order valence-corrected chi connectivity index (χ0v) is 12.9. The molecule has 0 nitrogen and oxygen atoms in total. The summed E-state index contributed by atoms with van der Waals surface area (Å²) in [5, 5.41) is 0. The van der Waals surface area contributed by atoms with Gasteiger partial charge in [-0.2, -0.15) is 0 Å². The van der Waals surface area contributed by atoms with Gasteiger partial charge in [0.2, 0.25) is 0 Å². The molecule has 2 bridgehead atoms. The van der Waals surface area contributed by atoms with E-state index >= 15 is 0 Å². The number of fused-ring (bicyclic) bond motifs is 2. The van der Waals surface area contributed by atoms with Crippen LogP contribution in [0.3, 0.4) is 0 Å². The second-order valence-corrected chi connectivity index (χ2v) is 6.71. The van der Waals surface area contributed by atoms with E-state index in [1.807, 2.05) is 0 Å². The van der Waals surface area contributed by atoms with Gasteiger partial charge in [-0.15, -0.1) is 0 Å². The van der Waals surface area contributed by atoms with Gasteiger partial charge in [-0.05, 0) is 72.4 Å². The van der Waals surface area contributed by atoms with E-state index in [0.717, 1.165) is 0 Å². The summed E-state index contributed by atoms with van der Waals surface area (Å²) < 4.78 is 0. The van der Waals surface area contributed by atoms with Gasteiger partial charge in [0.05, 0.1) is 0 Å². The van der Waals surface area contributed by atoms with E-state index in [0.29, 0.717) is 11.8 Å². The summed E-state index contributed by atoms with van der Waals surface area (Å²) in [5.41, 5.74) is 9.07. The van der Waals surface area contributed by atoms with Gasteiger partial charge in [0.25, 0.3) is 0 Å². The Hall–Kier alpha value is -1.82. The molecule has 0 heteroatoms. The van der Waals surface area contributed by atoms with Gasteiger partial charge in [-0.1, -0.05) is 48.5 Å². The predicted molar refractivity (Wildman–Crippen MR) is 89.7 cm³/mol. The monoisotopic (exact) mass is 274 g/mol. The van der Waals surface area contributed by atoms with Crippen molar-refractivity contribution in [2.45, 2.75) is 44.9 Å². The Morgan fingerprint density at radius 2 is 1.57 bits per heavy atom. The standard InChI is InChI=1S/C21H22/c1-14-10-20-17-8-9-18(21(20)11-15(14)2)13-19(12-17)16-6-4-3-5-7-16/h3-7,10-12,17-18H,8-9,13H2,1-2H3. The first kappa shape index (κ1) is 12.9. The lowest BCUT2D eigenvalue weighted by Crippen LogP contribution is -2.11.